The van der Waals surface area contributed by atoms with Gasteiger partial charge in [0, 0.05) is 18.9 Å². The quantitative estimate of drug-likeness (QED) is 0.368. The third-order valence-corrected chi connectivity index (χ3v) is 4.22. The molecule has 4 heterocycles. The lowest BCUT2D eigenvalue weighted by atomic mass is 10.2. The number of imidazole rings is 2. The summed E-state index contributed by atoms with van der Waals surface area (Å²) in [5, 5.41) is 3.08. The lowest BCUT2D eigenvalue weighted by Gasteiger charge is -2.15. The van der Waals surface area contributed by atoms with Crippen molar-refractivity contribution in [3.05, 3.63) is 44.2 Å². The first-order valence-corrected chi connectivity index (χ1v) is 8.99. The van der Waals surface area contributed by atoms with Crippen LogP contribution >= 0.6 is 15.9 Å². The Bertz CT molecular complexity index is 1120. The topological polar surface area (TPSA) is 150 Å². The summed E-state index contributed by atoms with van der Waals surface area (Å²) < 4.78 is 2.28. The number of rotatable bonds is 4. The molecule has 1 atom stereocenters. The van der Waals surface area contributed by atoms with Crippen molar-refractivity contribution >= 4 is 38.5 Å². The van der Waals surface area contributed by atoms with Gasteiger partial charge < -0.3 is 5.32 Å². The van der Waals surface area contributed by atoms with E-state index in [1.807, 2.05) is 14.0 Å². The maximum Gasteiger partial charge on any atom is 0.329 e. The molecule has 0 saturated carbocycles. The zero-order chi connectivity index (χ0) is 19.4. The normalized spacial score (nSPS) is 12.1. The maximum atomic E-state index is 11.9. The third kappa shape index (κ3) is 4.11. The van der Waals surface area contributed by atoms with Gasteiger partial charge in [0.25, 0.3) is 0 Å². The number of aromatic nitrogens is 8. The van der Waals surface area contributed by atoms with Crippen molar-refractivity contribution in [1.82, 2.24) is 44.8 Å². The van der Waals surface area contributed by atoms with Gasteiger partial charge in [0.2, 0.25) is 0 Å². The highest BCUT2D eigenvalue weighted by molar-refractivity contribution is 9.10. The summed E-state index contributed by atoms with van der Waals surface area (Å²) in [5.74, 6) is 0. The molecule has 27 heavy (non-hydrogen) atoms. The summed E-state index contributed by atoms with van der Waals surface area (Å²) in [6.45, 7) is 2.76. The molecule has 0 aliphatic heterocycles. The fourth-order valence-corrected chi connectivity index (χ4v) is 2.90. The van der Waals surface area contributed by atoms with Crippen molar-refractivity contribution in [2.24, 2.45) is 0 Å². The number of fused-ring (bicyclic) bond motifs is 2. The number of halogens is 1. The molecule has 4 aromatic heterocycles. The monoisotopic (exact) mass is 435 g/mol. The van der Waals surface area contributed by atoms with Crippen LogP contribution < -0.4 is 16.7 Å². The van der Waals surface area contributed by atoms with Gasteiger partial charge in [0.1, 0.15) is 4.60 Å². The zero-order valence-electron chi connectivity index (χ0n) is 14.7. The molecule has 0 aromatic carbocycles. The molecule has 11 nitrogen and oxygen atoms in total. The summed E-state index contributed by atoms with van der Waals surface area (Å²) in [5.41, 5.74) is 1.65. The van der Waals surface area contributed by atoms with Crippen molar-refractivity contribution in [3.63, 3.8) is 0 Å². The number of nitrogens with zero attached hydrogens (tertiary/aromatic N) is 5. The molecular formula is C15H18BrN9O2. The molecule has 0 fully saturated rings. The van der Waals surface area contributed by atoms with Crippen LogP contribution in [0.5, 0.6) is 0 Å². The lowest BCUT2D eigenvalue weighted by Crippen LogP contribution is -2.29. The highest BCUT2D eigenvalue weighted by Crippen LogP contribution is 2.15. The predicted octanol–water partition coefficient (Wildman–Crippen LogP) is 0.699. The molecule has 12 heteroatoms. The average molecular weight is 436 g/mol. The van der Waals surface area contributed by atoms with Gasteiger partial charge in [-0.05, 0) is 29.4 Å². The van der Waals surface area contributed by atoms with E-state index in [2.05, 4.69) is 56.1 Å². The molecule has 142 valence electrons. The molecule has 0 spiro atoms. The summed E-state index contributed by atoms with van der Waals surface area (Å²) >= 11 is 3.27. The fourth-order valence-electron chi connectivity index (χ4n) is 2.63. The molecule has 0 radical (unpaired) electrons. The van der Waals surface area contributed by atoms with E-state index < -0.39 is 0 Å². The smallest absolute Gasteiger partial charge is 0.318 e. The first-order chi connectivity index (χ1) is 13.0. The zero-order valence-corrected chi connectivity index (χ0v) is 16.2. The van der Waals surface area contributed by atoms with Crippen LogP contribution in [0.4, 0.5) is 0 Å². The van der Waals surface area contributed by atoms with Crippen molar-refractivity contribution in [1.29, 1.82) is 0 Å². The molecule has 0 aliphatic rings. The molecule has 1 unspecified atom stereocenters. The molecule has 0 aliphatic carbocycles. The highest BCUT2D eigenvalue weighted by atomic mass is 79.9. The Balaban J connectivity index is 0.000000177. The van der Waals surface area contributed by atoms with Gasteiger partial charge in [0.15, 0.2) is 22.6 Å². The van der Waals surface area contributed by atoms with Gasteiger partial charge in [-0.25, -0.2) is 29.5 Å². The third-order valence-electron chi connectivity index (χ3n) is 3.84. The van der Waals surface area contributed by atoms with Crippen LogP contribution in [0.15, 0.2) is 32.8 Å². The number of aromatic amines is 3. The first-order valence-electron chi connectivity index (χ1n) is 8.19. The van der Waals surface area contributed by atoms with E-state index in [0.717, 1.165) is 13.0 Å². The molecular weight excluding hydrogens is 418 g/mol. The Morgan fingerprint density at radius 2 is 1.78 bits per heavy atom. The number of likely N-dealkylation sites (N-methyl/N-ethyl adjacent to an activating group) is 1. The van der Waals surface area contributed by atoms with Crippen molar-refractivity contribution in [2.45, 2.75) is 19.4 Å². The van der Waals surface area contributed by atoms with E-state index >= 15 is 0 Å². The van der Waals surface area contributed by atoms with Gasteiger partial charge in [-0.15, -0.1) is 0 Å². The van der Waals surface area contributed by atoms with E-state index in [9.17, 15) is 9.59 Å². The second-order valence-electron chi connectivity index (χ2n) is 5.62. The maximum absolute atomic E-state index is 11.9. The number of nitrogens with one attached hydrogen (secondary N) is 4. The van der Waals surface area contributed by atoms with Crippen molar-refractivity contribution in [2.75, 3.05) is 13.6 Å². The summed E-state index contributed by atoms with van der Waals surface area (Å²) in [6, 6.07) is 0.0739. The fraction of sp³-hybridized carbons (Fsp3) is 0.333. The lowest BCUT2D eigenvalue weighted by molar-refractivity contribution is 0.462. The molecule has 0 saturated heterocycles. The molecule has 4 rings (SSSR count). The minimum Gasteiger partial charge on any atom is -0.318 e. The van der Waals surface area contributed by atoms with Gasteiger partial charge in [-0.3, -0.25) is 19.5 Å². The Kier molecular flexibility index (Phi) is 5.76. The standard InChI is InChI=1S/C10H14BrN5O.C5H4N4O/c1-3-6(4-12-2)16-9-8(15-10(16)17)13-5-7(11)14-9;10-5-8-3-4(9-5)7-2-1-6-3/h5-6,12H,3-4H2,1-2H3,(H,13,15,17);1-2H,(H2,6,7,8,9,10). The number of hydrogen-bond donors (Lipinski definition) is 4. The number of H-pyrrole nitrogens is 3. The Hall–Kier alpha value is -2.86. The Morgan fingerprint density at radius 1 is 1.11 bits per heavy atom. The summed E-state index contributed by atoms with van der Waals surface area (Å²) in [7, 11) is 1.87. The molecule has 0 amide bonds. The minimum absolute atomic E-state index is 0.0739. The highest BCUT2D eigenvalue weighted by Gasteiger charge is 2.16. The average Bonchev–Trinajstić information content (AvgIpc) is 3.18. The van der Waals surface area contributed by atoms with Crippen LogP contribution in [-0.4, -0.2) is 53.0 Å². The summed E-state index contributed by atoms with van der Waals surface area (Å²) in [6.07, 6.45) is 5.46. The van der Waals surface area contributed by atoms with Gasteiger partial charge in [-0.2, -0.15) is 0 Å². The second kappa shape index (κ2) is 8.22. The van der Waals surface area contributed by atoms with Gasteiger partial charge in [-0.1, -0.05) is 6.92 Å². The van der Waals surface area contributed by atoms with Crippen molar-refractivity contribution < 1.29 is 0 Å². The van der Waals surface area contributed by atoms with Crippen molar-refractivity contribution in [3.8, 4) is 0 Å². The van der Waals surface area contributed by atoms with Crippen LogP contribution in [0.2, 0.25) is 0 Å². The summed E-state index contributed by atoms with van der Waals surface area (Å²) in [4.78, 5) is 46.3. The van der Waals surface area contributed by atoms with Crippen LogP contribution in [0.3, 0.4) is 0 Å². The molecule has 4 N–H and O–H groups in total. The van der Waals surface area contributed by atoms with E-state index in [4.69, 9.17) is 0 Å². The molecule has 0 bridgehead atoms. The Labute approximate surface area is 160 Å². The minimum atomic E-state index is -0.277. The van der Waals surface area contributed by atoms with E-state index in [1.165, 1.54) is 12.4 Å². The van der Waals surface area contributed by atoms with E-state index in [1.54, 1.807) is 10.8 Å². The van der Waals surface area contributed by atoms with Crippen LogP contribution in [0.1, 0.15) is 19.4 Å². The van der Waals surface area contributed by atoms with E-state index in [-0.39, 0.29) is 17.4 Å². The van der Waals surface area contributed by atoms with Crippen LogP contribution in [0, 0.1) is 0 Å². The van der Waals surface area contributed by atoms with Gasteiger partial charge in [0.05, 0.1) is 12.2 Å². The largest absolute Gasteiger partial charge is 0.329 e. The second-order valence-corrected chi connectivity index (χ2v) is 6.43. The van der Waals surface area contributed by atoms with Crippen LogP contribution in [-0.2, 0) is 0 Å². The molecule has 4 aromatic rings. The Morgan fingerprint density at radius 3 is 2.37 bits per heavy atom. The van der Waals surface area contributed by atoms with Gasteiger partial charge >= 0.3 is 11.4 Å². The van der Waals surface area contributed by atoms with E-state index in [0.29, 0.717) is 27.2 Å². The van der Waals surface area contributed by atoms with Crippen LogP contribution in [0.25, 0.3) is 22.6 Å². The SMILES string of the molecule is CCC(CNC)n1c(=O)[nH]c2ncc(Br)nc21.O=c1[nH]c2nccnc2[nH]1. The number of hydrogen-bond acceptors (Lipinski definition) is 7. The first kappa shape index (κ1) is 18.9. The predicted molar refractivity (Wildman–Crippen MR) is 104 cm³/mol.